The van der Waals surface area contributed by atoms with E-state index in [0.29, 0.717) is 31.6 Å². The number of anilines is 1. The van der Waals surface area contributed by atoms with Crippen molar-refractivity contribution in [3.05, 3.63) is 33.9 Å². The number of piperidine rings is 1. The molecule has 0 amide bonds. The molecule has 0 saturated carbocycles. The van der Waals surface area contributed by atoms with E-state index in [-0.39, 0.29) is 5.69 Å². The Kier molecular flexibility index (Phi) is 4.16. The quantitative estimate of drug-likeness (QED) is 0.681. The highest BCUT2D eigenvalue weighted by Gasteiger charge is 2.42. The molecule has 1 aromatic rings. The smallest absolute Gasteiger partial charge is 0.311 e. The van der Waals surface area contributed by atoms with Gasteiger partial charge in [-0.1, -0.05) is 19.1 Å². The van der Waals surface area contributed by atoms with Crippen LogP contribution in [0.25, 0.3) is 0 Å². The number of hydrogen-bond donors (Lipinski definition) is 1. The zero-order chi connectivity index (χ0) is 15.6. The van der Waals surface area contributed by atoms with Gasteiger partial charge in [0.1, 0.15) is 5.69 Å². The number of benzene rings is 1. The largest absolute Gasteiger partial charge is 0.481 e. The molecule has 1 aliphatic heterocycles. The number of para-hydroxylation sites is 1. The Morgan fingerprint density at radius 2 is 2.24 bits per heavy atom. The minimum absolute atomic E-state index is 0.0484. The van der Waals surface area contributed by atoms with E-state index in [2.05, 4.69) is 0 Å². The van der Waals surface area contributed by atoms with Crippen LogP contribution in [0, 0.1) is 22.5 Å². The van der Waals surface area contributed by atoms with Gasteiger partial charge in [-0.25, -0.2) is 0 Å². The molecule has 6 heteroatoms. The third kappa shape index (κ3) is 2.70. The molecule has 1 N–H and O–H groups in total. The van der Waals surface area contributed by atoms with E-state index in [0.717, 1.165) is 12.0 Å². The maximum Gasteiger partial charge on any atom is 0.311 e. The first-order chi connectivity index (χ1) is 9.91. The Morgan fingerprint density at radius 3 is 2.81 bits per heavy atom. The van der Waals surface area contributed by atoms with E-state index in [1.807, 2.05) is 24.8 Å². The van der Waals surface area contributed by atoms with Crippen LogP contribution in [-0.4, -0.2) is 29.1 Å². The van der Waals surface area contributed by atoms with E-state index in [1.54, 1.807) is 6.07 Å². The summed E-state index contributed by atoms with van der Waals surface area (Å²) in [4.78, 5) is 24.3. The number of carboxylic acids is 1. The van der Waals surface area contributed by atoms with Gasteiger partial charge in [-0.2, -0.15) is 0 Å². The highest BCUT2D eigenvalue weighted by Crippen LogP contribution is 2.40. The molecule has 1 unspecified atom stereocenters. The van der Waals surface area contributed by atoms with Crippen molar-refractivity contribution in [2.45, 2.75) is 33.1 Å². The summed E-state index contributed by atoms with van der Waals surface area (Å²) in [5.41, 5.74) is 0.601. The van der Waals surface area contributed by atoms with Gasteiger partial charge in [-0.15, -0.1) is 0 Å². The highest BCUT2D eigenvalue weighted by molar-refractivity contribution is 5.77. The average molecular weight is 292 g/mol. The lowest BCUT2D eigenvalue weighted by Gasteiger charge is -2.40. The number of hydrogen-bond acceptors (Lipinski definition) is 4. The van der Waals surface area contributed by atoms with E-state index in [1.165, 1.54) is 6.07 Å². The number of carbonyl (C=O) groups is 1. The zero-order valence-corrected chi connectivity index (χ0v) is 12.3. The van der Waals surface area contributed by atoms with E-state index >= 15 is 0 Å². The third-order valence-corrected chi connectivity index (χ3v) is 4.44. The number of nitro groups is 1. The fraction of sp³-hybridized carbons (Fsp3) is 0.533. The zero-order valence-electron chi connectivity index (χ0n) is 12.3. The Hall–Kier alpha value is -2.11. The molecule has 1 saturated heterocycles. The Labute approximate surface area is 123 Å². The summed E-state index contributed by atoms with van der Waals surface area (Å²) < 4.78 is 0. The maximum absolute atomic E-state index is 11.6. The average Bonchev–Trinajstić information content (AvgIpc) is 2.46. The molecule has 1 aromatic carbocycles. The molecule has 0 aliphatic carbocycles. The summed E-state index contributed by atoms with van der Waals surface area (Å²) in [5.74, 6) is -0.814. The van der Waals surface area contributed by atoms with Crippen LogP contribution < -0.4 is 4.90 Å². The predicted molar refractivity (Wildman–Crippen MR) is 79.6 cm³/mol. The second-order valence-corrected chi connectivity index (χ2v) is 5.66. The number of aryl methyl sites for hydroxylation is 1. The van der Waals surface area contributed by atoms with Crippen molar-refractivity contribution in [3.8, 4) is 0 Å². The maximum atomic E-state index is 11.6. The van der Waals surface area contributed by atoms with E-state index in [4.69, 9.17) is 0 Å². The highest BCUT2D eigenvalue weighted by atomic mass is 16.6. The van der Waals surface area contributed by atoms with Crippen LogP contribution in [0.3, 0.4) is 0 Å². The summed E-state index contributed by atoms with van der Waals surface area (Å²) >= 11 is 0. The molecule has 0 bridgehead atoms. The second-order valence-electron chi connectivity index (χ2n) is 5.66. The van der Waals surface area contributed by atoms with Gasteiger partial charge in [-0.05, 0) is 31.7 Å². The number of aliphatic carboxylic acids is 1. The molecule has 1 atom stereocenters. The Balaban J connectivity index is 2.43. The van der Waals surface area contributed by atoms with Gasteiger partial charge in [-0.3, -0.25) is 14.9 Å². The van der Waals surface area contributed by atoms with Crippen molar-refractivity contribution < 1.29 is 14.8 Å². The van der Waals surface area contributed by atoms with Crippen LogP contribution in [0.1, 0.15) is 31.7 Å². The minimum Gasteiger partial charge on any atom is -0.481 e. The van der Waals surface area contributed by atoms with Crippen molar-refractivity contribution in [1.82, 2.24) is 0 Å². The summed E-state index contributed by atoms with van der Waals surface area (Å²) in [5, 5.41) is 20.8. The third-order valence-electron chi connectivity index (χ3n) is 4.44. The SMILES string of the molecule is CCC1(C(=O)O)CCCN(c2c(C)cccc2[N+](=O)[O-])C1. The topological polar surface area (TPSA) is 83.7 Å². The second kappa shape index (κ2) is 5.71. The van der Waals surface area contributed by atoms with Crippen molar-refractivity contribution in [1.29, 1.82) is 0 Å². The lowest BCUT2D eigenvalue weighted by atomic mass is 9.77. The van der Waals surface area contributed by atoms with Crippen LogP contribution in [0.5, 0.6) is 0 Å². The van der Waals surface area contributed by atoms with Crippen molar-refractivity contribution in [2.75, 3.05) is 18.0 Å². The van der Waals surface area contributed by atoms with Gasteiger partial charge in [0.2, 0.25) is 0 Å². The van der Waals surface area contributed by atoms with Gasteiger partial charge < -0.3 is 10.0 Å². The molecule has 6 nitrogen and oxygen atoms in total. The van der Waals surface area contributed by atoms with Crippen molar-refractivity contribution in [2.24, 2.45) is 5.41 Å². The van der Waals surface area contributed by atoms with E-state index < -0.39 is 16.3 Å². The monoisotopic (exact) mass is 292 g/mol. The molecular formula is C15H20N2O4. The van der Waals surface area contributed by atoms with Gasteiger partial charge in [0.05, 0.1) is 10.3 Å². The summed E-state index contributed by atoms with van der Waals surface area (Å²) in [6.45, 7) is 4.67. The van der Waals surface area contributed by atoms with Gasteiger partial charge in [0.25, 0.3) is 5.69 Å². The summed E-state index contributed by atoms with van der Waals surface area (Å²) in [7, 11) is 0. The number of rotatable bonds is 4. The molecule has 0 aromatic heterocycles. The van der Waals surface area contributed by atoms with Crippen LogP contribution in [0.15, 0.2) is 18.2 Å². The minimum atomic E-state index is -0.814. The summed E-state index contributed by atoms with van der Waals surface area (Å²) in [6.07, 6.45) is 1.87. The molecular weight excluding hydrogens is 272 g/mol. The lowest BCUT2D eigenvalue weighted by Crippen LogP contribution is -2.48. The Bertz CT molecular complexity index is 573. The number of carboxylic acid groups (broad SMARTS) is 1. The van der Waals surface area contributed by atoms with Gasteiger partial charge in [0.15, 0.2) is 0 Å². The van der Waals surface area contributed by atoms with Gasteiger partial charge >= 0.3 is 5.97 Å². The molecule has 1 fully saturated rings. The van der Waals surface area contributed by atoms with Crippen LogP contribution in [0.4, 0.5) is 11.4 Å². The molecule has 1 heterocycles. The van der Waals surface area contributed by atoms with Crippen LogP contribution >= 0.6 is 0 Å². The standard InChI is InChI=1S/C15H20N2O4/c1-3-15(14(18)19)8-5-9-16(10-15)13-11(2)6-4-7-12(13)17(20)21/h4,6-7H,3,5,8-10H2,1-2H3,(H,18,19). The fourth-order valence-electron chi connectivity index (χ4n) is 3.14. The normalized spacial score (nSPS) is 22.1. The first-order valence-corrected chi connectivity index (χ1v) is 7.13. The number of nitrogens with zero attached hydrogens (tertiary/aromatic N) is 2. The first-order valence-electron chi connectivity index (χ1n) is 7.13. The van der Waals surface area contributed by atoms with Crippen LogP contribution in [-0.2, 0) is 4.79 Å². The molecule has 1 aliphatic rings. The fourth-order valence-corrected chi connectivity index (χ4v) is 3.14. The van der Waals surface area contributed by atoms with Crippen molar-refractivity contribution in [3.63, 3.8) is 0 Å². The number of nitro benzene ring substituents is 1. The van der Waals surface area contributed by atoms with Crippen LogP contribution in [0.2, 0.25) is 0 Å². The van der Waals surface area contributed by atoms with Gasteiger partial charge in [0, 0.05) is 19.2 Å². The molecule has 0 spiro atoms. The summed E-state index contributed by atoms with van der Waals surface area (Å²) in [6, 6.07) is 4.96. The molecule has 0 radical (unpaired) electrons. The lowest BCUT2D eigenvalue weighted by molar-refractivity contribution is -0.384. The van der Waals surface area contributed by atoms with E-state index in [9.17, 15) is 20.0 Å². The Morgan fingerprint density at radius 1 is 1.52 bits per heavy atom. The van der Waals surface area contributed by atoms with Crippen molar-refractivity contribution >= 4 is 17.3 Å². The molecule has 114 valence electrons. The first kappa shape index (κ1) is 15.3. The molecule has 21 heavy (non-hydrogen) atoms. The molecule has 2 rings (SSSR count). The predicted octanol–water partition coefficient (Wildman–Crippen LogP) is 2.98.